The molecule has 1 aliphatic carbocycles. The molecule has 2 aromatic carbocycles. The normalized spacial score (nSPS) is 14.0. The molecule has 0 fully saturated rings. The van der Waals surface area contributed by atoms with Crippen molar-refractivity contribution in [2.24, 2.45) is 5.92 Å². The monoisotopic (exact) mass is 492 g/mol. The number of alkyl carbamates (subject to hydrolysis) is 1. The number of fused-ring (bicyclic) bond motifs is 3. The van der Waals surface area contributed by atoms with Crippen LogP contribution in [0.4, 0.5) is 4.79 Å². The van der Waals surface area contributed by atoms with Crippen LogP contribution in [0, 0.1) is 5.92 Å². The number of carboxylic acids is 1. The van der Waals surface area contributed by atoms with E-state index in [4.69, 9.17) is 4.74 Å². The average Bonchev–Trinajstić information content (AvgIpc) is 3.47. The van der Waals surface area contributed by atoms with E-state index in [0.717, 1.165) is 22.3 Å². The molecule has 0 saturated heterocycles. The zero-order valence-electron chi connectivity index (χ0n) is 19.6. The Labute approximate surface area is 208 Å². The van der Waals surface area contributed by atoms with Crippen LogP contribution in [0.5, 0.6) is 0 Å². The fourth-order valence-electron chi connectivity index (χ4n) is 4.39. The molecule has 1 heterocycles. The molecule has 3 N–H and O–H groups in total. The van der Waals surface area contributed by atoms with Crippen molar-refractivity contribution in [3.8, 4) is 11.1 Å². The zero-order valence-corrected chi connectivity index (χ0v) is 20.4. The number of amides is 2. The van der Waals surface area contributed by atoms with Crippen molar-refractivity contribution >= 4 is 29.3 Å². The van der Waals surface area contributed by atoms with Gasteiger partial charge in [-0.15, -0.1) is 11.3 Å². The van der Waals surface area contributed by atoms with Crippen LogP contribution in [0.25, 0.3) is 11.1 Å². The molecule has 182 valence electrons. The summed E-state index contributed by atoms with van der Waals surface area (Å²) in [6.45, 7) is 3.81. The molecule has 0 radical (unpaired) electrons. The Morgan fingerprint density at radius 1 is 0.943 bits per heavy atom. The van der Waals surface area contributed by atoms with Crippen molar-refractivity contribution in [1.29, 1.82) is 0 Å². The SMILES string of the molecule is CC(C)C(CC(=O)O)NC(=O)C(NC(=O)OCC1c2ccccc2-c2ccccc21)c1cccs1. The number of rotatable bonds is 9. The third-order valence-electron chi connectivity index (χ3n) is 6.22. The smallest absolute Gasteiger partial charge is 0.408 e. The molecule has 1 aliphatic rings. The molecule has 8 heteroatoms. The number of carboxylic acid groups (broad SMARTS) is 1. The lowest BCUT2D eigenvalue weighted by atomic mass is 9.98. The molecule has 0 aliphatic heterocycles. The van der Waals surface area contributed by atoms with Gasteiger partial charge in [0, 0.05) is 16.8 Å². The minimum atomic E-state index is -0.999. The van der Waals surface area contributed by atoms with Crippen molar-refractivity contribution < 1.29 is 24.2 Å². The summed E-state index contributed by atoms with van der Waals surface area (Å²) in [6.07, 6.45) is -0.911. The Kier molecular flexibility index (Phi) is 7.51. The van der Waals surface area contributed by atoms with E-state index < -0.39 is 30.1 Å². The second-order valence-corrected chi connectivity index (χ2v) is 9.85. The van der Waals surface area contributed by atoms with E-state index in [1.807, 2.05) is 55.6 Å². The van der Waals surface area contributed by atoms with Crippen molar-refractivity contribution in [1.82, 2.24) is 10.6 Å². The maximum Gasteiger partial charge on any atom is 0.408 e. The number of thiophene rings is 1. The number of nitrogens with one attached hydrogen (secondary N) is 2. The van der Waals surface area contributed by atoms with Crippen LogP contribution in [0.3, 0.4) is 0 Å². The first-order valence-electron chi connectivity index (χ1n) is 11.5. The molecule has 0 saturated carbocycles. The fraction of sp³-hybridized carbons (Fsp3) is 0.296. The first-order chi connectivity index (χ1) is 16.8. The molecule has 3 aromatic rings. The highest BCUT2D eigenvalue weighted by Crippen LogP contribution is 2.44. The van der Waals surface area contributed by atoms with Gasteiger partial charge in [-0.25, -0.2) is 4.79 Å². The molecule has 2 atom stereocenters. The molecule has 2 unspecified atom stereocenters. The van der Waals surface area contributed by atoms with E-state index >= 15 is 0 Å². The van der Waals surface area contributed by atoms with Crippen LogP contribution in [-0.2, 0) is 14.3 Å². The lowest BCUT2D eigenvalue weighted by molar-refractivity contribution is -0.138. The maximum atomic E-state index is 13.1. The van der Waals surface area contributed by atoms with Gasteiger partial charge in [-0.3, -0.25) is 9.59 Å². The van der Waals surface area contributed by atoms with Gasteiger partial charge >= 0.3 is 12.1 Å². The standard InChI is InChI=1S/C27H28N2O5S/c1-16(2)22(14-24(30)31)28-26(32)25(23-12-7-13-35-23)29-27(33)34-15-21-19-10-5-3-8-17(19)18-9-4-6-11-20(18)21/h3-13,16,21-22,25H,14-15H2,1-2H3,(H,28,32)(H,29,33)(H,30,31). The summed E-state index contributed by atoms with van der Waals surface area (Å²) in [5.41, 5.74) is 4.46. The highest BCUT2D eigenvalue weighted by Gasteiger charge is 2.31. The first kappa shape index (κ1) is 24.5. The quantitative estimate of drug-likeness (QED) is 0.392. The number of benzene rings is 2. The molecule has 1 aromatic heterocycles. The lowest BCUT2D eigenvalue weighted by Gasteiger charge is -2.24. The minimum absolute atomic E-state index is 0.0894. The molecular formula is C27H28N2O5S. The molecule has 0 bridgehead atoms. The Hall–Kier alpha value is -3.65. The summed E-state index contributed by atoms with van der Waals surface area (Å²) in [5.74, 6) is -1.65. The summed E-state index contributed by atoms with van der Waals surface area (Å²) < 4.78 is 5.62. The highest BCUT2D eigenvalue weighted by molar-refractivity contribution is 7.10. The van der Waals surface area contributed by atoms with Gasteiger partial charge in [0.2, 0.25) is 5.91 Å². The van der Waals surface area contributed by atoms with Gasteiger partial charge in [-0.2, -0.15) is 0 Å². The predicted octanol–water partition coefficient (Wildman–Crippen LogP) is 4.94. The summed E-state index contributed by atoms with van der Waals surface area (Å²) in [4.78, 5) is 37.8. The van der Waals surface area contributed by atoms with Gasteiger partial charge in [0.25, 0.3) is 0 Å². The van der Waals surface area contributed by atoms with Crippen molar-refractivity contribution in [3.63, 3.8) is 0 Å². The maximum absolute atomic E-state index is 13.1. The average molecular weight is 493 g/mol. The number of carbonyl (C=O) groups excluding carboxylic acids is 2. The third-order valence-corrected chi connectivity index (χ3v) is 7.16. The Bertz CT molecular complexity index is 1160. The van der Waals surface area contributed by atoms with Crippen LogP contribution in [0.2, 0.25) is 0 Å². The Morgan fingerprint density at radius 2 is 1.57 bits per heavy atom. The molecule has 0 spiro atoms. The van der Waals surface area contributed by atoms with Crippen LogP contribution in [-0.4, -0.2) is 35.7 Å². The van der Waals surface area contributed by atoms with Gasteiger partial charge in [-0.05, 0) is 39.6 Å². The number of hydrogen-bond acceptors (Lipinski definition) is 5. The van der Waals surface area contributed by atoms with Crippen molar-refractivity contribution in [2.45, 2.75) is 38.3 Å². The topological polar surface area (TPSA) is 105 Å². The Balaban J connectivity index is 1.46. The van der Waals surface area contributed by atoms with Crippen LogP contribution in [0.1, 0.15) is 48.2 Å². The van der Waals surface area contributed by atoms with Crippen LogP contribution >= 0.6 is 11.3 Å². The van der Waals surface area contributed by atoms with Crippen LogP contribution < -0.4 is 10.6 Å². The van der Waals surface area contributed by atoms with Gasteiger partial charge in [-0.1, -0.05) is 68.4 Å². The summed E-state index contributed by atoms with van der Waals surface area (Å²) in [7, 11) is 0. The second-order valence-electron chi connectivity index (χ2n) is 8.88. The molecular weight excluding hydrogens is 464 g/mol. The minimum Gasteiger partial charge on any atom is -0.481 e. The summed E-state index contributed by atoms with van der Waals surface area (Å²) >= 11 is 1.33. The highest BCUT2D eigenvalue weighted by atomic mass is 32.1. The van der Waals surface area contributed by atoms with E-state index in [1.165, 1.54) is 11.3 Å². The van der Waals surface area contributed by atoms with E-state index in [2.05, 4.69) is 22.8 Å². The summed E-state index contributed by atoms with van der Waals surface area (Å²) in [5, 5.41) is 16.5. The molecule has 35 heavy (non-hydrogen) atoms. The second kappa shape index (κ2) is 10.7. The number of carbonyl (C=O) groups is 3. The van der Waals surface area contributed by atoms with Gasteiger partial charge in [0.15, 0.2) is 0 Å². The van der Waals surface area contributed by atoms with Crippen molar-refractivity contribution in [2.75, 3.05) is 6.61 Å². The van der Waals surface area contributed by atoms with Gasteiger partial charge in [0.1, 0.15) is 12.6 Å². The number of hydrogen-bond donors (Lipinski definition) is 3. The zero-order chi connectivity index (χ0) is 24.9. The largest absolute Gasteiger partial charge is 0.481 e. The van der Waals surface area contributed by atoms with Gasteiger partial charge in [0.05, 0.1) is 6.42 Å². The number of aliphatic carboxylic acids is 1. The predicted molar refractivity (Wildman–Crippen MR) is 134 cm³/mol. The first-order valence-corrected chi connectivity index (χ1v) is 12.4. The van der Waals surface area contributed by atoms with Crippen molar-refractivity contribution in [3.05, 3.63) is 82.0 Å². The van der Waals surface area contributed by atoms with Gasteiger partial charge < -0.3 is 20.5 Å². The molecule has 4 rings (SSSR count). The van der Waals surface area contributed by atoms with Crippen LogP contribution in [0.15, 0.2) is 66.0 Å². The number of ether oxygens (including phenoxy) is 1. The molecule has 7 nitrogen and oxygen atoms in total. The van der Waals surface area contributed by atoms with E-state index in [0.29, 0.717) is 4.88 Å². The third kappa shape index (κ3) is 5.54. The molecule has 2 amide bonds. The lowest BCUT2D eigenvalue weighted by Crippen LogP contribution is -2.46. The van der Waals surface area contributed by atoms with E-state index in [9.17, 15) is 19.5 Å². The van der Waals surface area contributed by atoms with E-state index in [1.54, 1.807) is 12.1 Å². The summed E-state index contributed by atoms with van der Waals surface area (Å²) in [6, 6.07) is 18.1. The van der Waals surface area contributed by atoms with E-state index in [-0.39, 0.29) is 24.9 Å². The Morgan fingerprint density at radius 3 is 2.11 bits per heavy atom. The fourth-order valence-corrected chi connectivity index (χ4v) is 5.16.